The molecule has 1 aromatic rings. The first-order valence-electron chi connectivity index (χ1n) is 5.80. The van der Waals surface area contributed by atoms with E-state index in [-0.39, 0.29) is 23.6 Å². The van der Waals surface area contributed by atoms with Gasteiger partial charge in [0.25, 0.3) is 0 Å². The van der Waals surface area contributed by atoms with Crippen molar-refractivity contribution in [3.8, 4) is 0 Å². The molecule has 1 N–H and O–H groups in total. The second-order valence-corrected chi connectivity index (χ2v) is 5.69. The largest absolute Gasteiger partial charge is 0.434 e. The molecule has 0 radical (unpaired) electrons. The Hall–Kier alpha value is -1.31. The van der Waals surface area contributed by atoms with Gasteiger partial charge in [-0.3, -0.25) is 0 Å². The van der Waals surface area contributed by atoms with E-state index in [1.807, 2.05) is 6.92 Å². The zero-order valence-electron chi connectivity index (χ0n) is 10.5. The molecule has 19 heavy (non-hydrogen) atoms. The topological polar surface area (TPSA) is 45.2 Å². The van der Waals surface area contributed by atoms with Gasteiger partial charge in [-0.1, -0.05) is 6.92 Å². The van der Waals surface area contributed by atoms with Gasteiger partial charge in [0, 0.05) is 18.5 Å². The molecule has 1 aliphatic carbocycles. The molecule has 1 aliphatic rings. The van der Waals surface area contributed by atoms with E-state index in [1.54, 1.807) is 0 Å². The molecule has 2 atom stereocenters. The highest BCUT2D eigenvalue weighted by atomic mass is 32.1. The fourth-order valence-corrected chi connectivity index (χ4v) is 2.43. The second-order valence-electron chi connectivity index (χ2n) is 4.75. The number of halogens is 3. The summed E-state index contributed by atoms with van der Waals surface area (Å²) in [5.74, 6) is 0.481. The van der Waals surface area contributed by atoms with Crippen LogP contribution < -0.4 is 5.32 Å². The number of thiazole rings is 1. The van der Waals surface area contributed by atoms with Crippen molar-refractivity contribution in [1.82, 2.24) is 15.2 Å². The van der Waals surface area contributed by atoms with Gasteiger partial charge in [0.05, 0.1) is 6.54 Å². The average Bonchev–Trinajstić information content (AvgIpc) is 2.78. The molecule has 1 fully saturated rings. The van der Waals surface area contributed by atoms with Gasteiger partial charge >= 0.3 is 12.2 Å². The summed E-state index contributed by atoms with van der Waals surface area (Å²) in [5.41, 5.74) is -0.905. The van der Waals surface area contributed by atoms with Crippen molar-refractivity contribution in [3.63, 3.8) is 0 Å². The Morgan fingerprint density at radius 3 is 2.74 bits per heavy atom. The van der Waals surface area contributed by atoms with Gasteiger partial charge in [-0.05, 0) is 12.3 Å². The van der Waals surface area contributed by atoms with E-state index < -0.39 is 11.9 Å². The third kappa shape index (κ3) is 3.59. The first-order chi connectivity index (χ1) is 8.77. The molecule has 8 heteroatoms. The number of rotatable bonds is 3. The molecule has 1 aromatic heterocycles. The van der Waals surface area contributed by atoms with Crippen LogP contribution in [-0.4, -0.2) is 29.0 Å². The van der Waals surface area contributed by atoms with Crippen LogP contribution in [0, 0.1) is 5.92 Å². The quantitative estimate of drug-likeness (QED) is 0.931. The maximum absolute atomic E-state index is 12.4. The summed E-state index contributed by atoms with van der Waals surface area (Å²) in [6.07, 6.45) is -3.48. The van der Waals surface area contributed by atoms with Gasteiger partial charge in [-0.15, -0.1) is 11.3 Å². The van der Waals surface area contributed by atoms with Crippen LogP contribution in [0.25, 0.3) is 0 Å². The van der Waals surface area contributed by atoms with E-state index in [0.29, 0.717) is 5.92 Å². The van der Waals surface area contributed by atoms with Crippen LogP contribution in [0.15, 0.2) is 5.38 Å². The second kappa shape index (κ2) is 4.99. The average molecular weight is 293 g/mol. The maximum Gasteiger partial charge on any atom is 0.434 e. The molecule has 0 spiro atoms. The molecule has 2 amide bonds. The minimum absolute atomic E-state index is 0.0771. The van der Waals surface area contributed by atoms with E-state index >= 15 is 0 Å². The molecule has 0 aliphatic heterocycles. The Balaban J connectivity index is 1.89. The van der Waals surface area contributed by atoms with Crippen LogP contribution in [0.5, 0.6) is 0 Å². The van der Waals surface area contributed by atoms with Crippen molar-refractivity contribution in [2.75, 3.05) is 7.05 Å². The third-order valence-corrected chi connectivity index (χ3v) is 3.81. The van der Waals surface area contributed by atoms with E-state index in [1.165, 1.54) is 11.9 Å². The van der Waals surface area contributed by atoms with Crippen LogP contribution in [0.1, 0.15) is 24.0 Å². The zero-order valence-corrected chi connectivity index (χ0v) is 11.3. The summed E-state index contributed by atoms with van der Waals surface area (Å²) in [6, 6.07) is -0.0879. The first-order valence-corrected chi connectivity index (χ1v) is 6.68. The lowest BCUT2D eigenvalue weighted by Gasteiger charge is -2.16. The predicted octanol–water partition coefficient (Wildman–Crippen LogP) is 2.71. The number of amides is 2. The summed E-state index contributed by atoms with van der Waals surface area (Å²) in [7, 11) is 1.54. The van der Waals surface area contributed by atoms with Crippen LogP contribution in [0.3, 0.4) is 0 Å². The Bertz CT molecular complexity index is 474. The Morgan fingerprint density at radius 2 is 2.26 bits per heavy atom. The molecule has 0 unspecified atom stereocenters. The highest BCUT2D eigenvalue weighted by Crippen LogP contribution is 2.31. The predicted molar refractivity (Wildman–Crippen MR) is 64.7 cm³/mol. The van der Waals surface area contributed by atoms with Crippen LogP contribution in [0.2, 0.25) is 0 Å². The van der Waals surface area contributed by atoms with Crippen molar-refractivity contribution in [3.05, 3.63) is 16.1 Å². The zero-order chi connectivity index (χ0) is 14.2. The monoisotopic (exact) mass is 293 g/mol. The highest BCUT2D eigenvalue weighted by Gasteiger charge is 2.35. The lowest BCUT2D eigenvalue weighted by atomic mass is 10.5. The standard InChI is InChI=1S/C11H14F3N3OS/c1-6-3-7(6)15-10(18)17(2)4-9-16-8(5-19-9)11(12,13)14/h5-7H,3-4H2,1-2H3,(H,15,18)/t6-,7+/m1/s1. The van der Waals surface area contributed by atoms with Gasteiger partial charge < -0.3 is 10.2 Å². The van der Waals surface area contributed by atoms with Gasteiger partial charge in [0.15, 0.2) is 5.69 Å². The summed E-state index contributed by atoms with van der Waals surface area (Å²) < 4.78 is 37.1. The van der Waals surface area contributed by atoms with Crippen molar-refractivity contribution in [2.45, 2.75) is 32.1 Å². The molecule has 0 aromatic carbocycles. The molecule has 4 nitrogen and oxygen atoms in total. The van der Waals surface area contributed by atoms with Crippen molar-refractivity contribution < 1.29 is 18.0 Å². The lowest BCUT2D eigenvalue weighted by Crippen LogP contribution is -2.38. The maximum atomic E-state index is 12.4. The number of urea groups is 1. The molecule has 2 rings (SSSR count). The van der Waals surface area contributed by atoms with Gasteiger partial charge in [-0.2, -0.15) is 13.2 Å². The molecular weight excluding hydrogens is 279 g/mol. The Morgan fingerprint density at radius 1 is 1.63 bits per heavy atom. The smallest absolute Gasteiger partial charge is 0.335 e. The van der Waals surface area contributed by atoms with Crippen molar-refractivity contribution >= 4 is 17.4 Å². The number of hydrogen-bond acceptors (Lipinski definition) is 3. The van der Waals surface area contributed by atoms with Crippen LogP contribution >= 0.6 is 11.3 Å². The summed E-state index contributed by atoms with van der Waals surface area (Å²) >= 11 is 0.904. The third-order valence-electron chi connectivity index (χ3n) is 2.98. The summed E-state index contributed by atoms with van der Waals surface area (Å²) in [6.45, 7) is 2.11. The number of alkyl halides is 3. The number of nitrogens with one attached hydrogen (secondary N) is 1. The number of aromatic nitrogens is 1. The Labute approximate surface area is 112 Å². The van der Waals surface area contributed by atoms with E-state index in [0.717, 1.165) is 23.1 Å². The van der Waals surface area contributed by atoms with Gasteiger partial charge in [0.2, 0.25) is 0 Å². The van der Waals surface area contributed by atoms with E-state index in [2.05, 4.69) is 10.3 Å². The highest BCUT2D eigenvalue weighted by molar-refractivity contribution is 7.09. The lowest BCUT2D eigenvalue weighted by molar-refractivity contribution is -0.140. The van der Waals surface area contributed by atoms with Crippen molar-refractivity contribution in [2.24, 2.45) is 5.92 Å². The molecular formula is C11H14F3N3OS. The van der Waals surface area contributed by atoms with Gasteiger partial charge in [-0.25, -0.2) is 9.78 Å². The fraction of sp³-hybridized carbons (Fsp3) is 0.636. The Kier molecular flexibility index (Phi) is 3.71. The summed E-state index contributed by atoms with van der Waals surface area (Å²) in [4.78, 5) is 16.5. The molecule has 1 saturated carbocycles. The van der Waals surface area contributed by atoms with Gasteiger partial charge in [0.1, 0.15) is 5.01 Å². The number of hydrogen-bond donors (Lipinski definition) is 1. The van der Waals surface area contributed by atoms with Crippen molar-refractivity contribution in [1.29, 1.82) is 0 Å². The molecule has 1 heterocycles. The molecule has 0 saturated heterocycles. The molecule has 106 valence electrons. The minimum atomic E-state index is -4.43. The summed E-state index contributed by atoms with van der Waals surface area (Å²) in [5, 5.41) is 4.04. The van der Waals surface area contributed by atoms with Crippen LogP contribution in [-0.2, 0) is 12.7 Å². The van der Waals surface area contributed by atoms with E-state index in [4.69, 9.17) is 0 Å². The number of carbonyl (C=O) groups excluding carboxylic acids is 1. The minimum Gasteiger partial charge on any atom is -0.335 e. The first kappa shape index (κ1) is 14.1. The fourth-order valence-electron chi connectivity index (χ4n) is 1.58. The number of carbonyl (C=O) groups is 1. The molecule has 0 bridgehead atoms. The number of nitrogens with zero attached hydrogens (tertiary/aromatic N) is 2. The normalized spacial score (nSPS) is 22.2. The van der Waals surface area contributed by atoms with E-state index in [9.17, 15) is 18.0 Å². The van der Waals surface area contributed by atoms with Crippen LogP contribution in [0.4, 0.5) is 18.0 Å². The SMILES string of the molecule is C[C@@H]1C[C@@H]1NC(=O)N(C)Cc1nc(C(F)(F)F)cs1.